The highest BCUT2D eigenvalue weighted by molar-refractivity contribution is 5.67. The summed E-state index contributed by atoms with van der Waals surface area (Å²) in [7, 11) is 0. The maximum Gasteiger partial charge on any atom is 0.111 e. The fourth-order valence-electron chi connectivity index (χ4n) is 8.29. The zero-order valence-electron chi connectivity index (χ0n) is 16.5. The third-order valence-corrected chi connectivity index (χ3v) is 9.06. The van der Waals surface area contributed by atoms with Crippen LogP contribution in [0, 0.1) is 17.8 Å². The second-order valence-corrected chi connectivity index (χ2v) is 9.74. The maximum atomic E-state index is 11.8. The molecule has 4 heteroatoms. The van der Waals surface area contributed by atoms with Gasteiger partial charge in [-0.05, 0) is 43.2 Å². The molecule has 146 valence electrons. The van der Waals surface area contributed by atoms with Crippen LogP contribution >= 0.6 is 0 Å². The first kappa shape index (κ1) is 16.8. The lowest BCUT2D eigenvalue weighted by Gasteiger charge is -2.62. The number of para-hydroxylation sites is 1. The van der Waals surface area contributed by atoms with E-state index in [1.807, 2.05) is 0 Å². The zero-order valence-corrected chi connectivity index (χ0v) is 16.5. The van der Waals surface area contributed by atoms with Crippen molar-refractivity contribution in [3.05, 3.63) is 29.8 Å². The lowest BCUT2D eigenvalue weighted by Crippen LogP contribution is -2.73. The summed E-state index contributed by atoms with van der Waals surface area (Å²) in [6, 6.07) is 9.91. The number of fused-ring (bicyclic) bond motifs is 2. The van der Waals surface area contributed by atoms with Crippen molar-refractivity contribution < 1.29 is 10.2 Å². The number of anilines is 1. The zero-order chi connectivity index (χ0) is 18.5. The molecule has 4 saturated heterocycles. The molecule has 0 aromatic heterocycles. The number of aliphatic hydroxyl groups is 2. The van der Waals surface area contributed by atoms with Gasteiger partial charge < -0.3 is 15.1 Å². The summed E-state index contributed by atoms with van der Waals surface area (Å²) in [5, 5.41) is 23.0. The van der Waals surface area contributed by atoms with E-state index in [1.165, 1.54) is 24.1 Å². The first-order chi connectivity index (χ1) is 13.1. The number of piperidine rings is 4. The molecule has 10 atom stereocenters. The van der Waals surface area contributed by atoms with Gasteiger partial charge in [0.15, 0.2) is 0 Å². The number of nitrogens with zero attached hydrogens (tertiary/aromatic N) is 2. The number of unbranched alkanes of at least 4 members (excludes halogenated alkanes) is 1. The molecular formula is C23H32N2O2. The number of rotatable bonds is 4. The van der Waals surface area contributed by atoms with Gasteiger partial charge in [0.2, 0.25) is 0 Å². The van der Waals surface area contributed by atoms with Crippen molar-refractivity contribution in [2.24, 2.45) is 17.8 Å². The van der Waals surface area contributed by atoms with Gasteiger partial charge in [-0.1, -0.05) is 38.5 Å². The quantitative estimate of drug-likeness (QED) is 0.858. The van der Waals surface area contributed by atoms with E-state index in [1.54, 1.807) is 0 Å². The molecule has 1 aliphatic carbocycles. The highest BCUT2D eigenvalue weighted by Crippen LogP contribution is 2.69. The Kier molecular flexibility index (Phi) is 3.42. The summed E-state index contributed by atoms with van der Waals surface area (Å²) in [4.78, 5) is 5.09. The summed E-state index contributed by atoms with van der Waals surface area (Å²) in [5.74, 6) is 1.13. The van der Waals surface area contributed by atoms with Crippen LogP contribution in [0.5, 0.6) is 0 Å². The fraction of sp³-hybridized carbons (Fsp3) is 0.739. The molecule has 1 saturated carbocycles. The summed E-state index contributed by atoms with van der Waals surface area (Å²) in [5.41, 5.74) is 2.61. The third kappa shape index (κ3) is 1.73. The molecule has 27 heavy (non-hydrogen) atoms. The topological polar surface area (TPSA) is 46.9 Å². The molecular weight excluding hydrogens is 336 g/mol. The van der Waals surface area contributed by atoms with Crippen LogP contribution in [0.25, 0.3) is 0 Å². The van der Waals surface area contributed by atoms with Gasteiger partial charge in [0.05, 0.1) is 12.1 Å². The van der Waals surface area contributed by atoms with Gasteiger partial charge in [-0.2, -0.15) is 0 Å². The van der Waals surface area contributed by atoms with Gasteiger partial charge in [0.1, 0.15) is 6.23 Å². The van der Waals surface area contributed by atoms with E-state index in [4.69, 9.17) is 0 Å². The van der Waals surface area contributed by atoms with E-state index >= 15 is 0 Å². The van der Waals surface area contributed by atoms with Crippen molar-refractivity contribution in [3.63, 3.8) is 0 Å². The van der Waals surface area contributed by atoms with E-state index in [2.05, 4.69) is 47.9 Å². The highest BCUT2D eigenvalue weighted by Gasteiger charge is 2.76. The Balaban J connectivity index is 1.54. The summed E-state index contributed by atoms with van der Waals surface area (Å²) in [6.45, 7) is 5.52. The Morgan fingerprint density at radius 1 is 1.15 bits per heavy atom. The van der Waals surface area contributed by atoms with Gasteiger partial charge in [-0.3, -0.25) is 4.90 Å². The lowest BCUT2D eigenvalue weighted by atomic mass is 9.62. The van der Waals surface area contributed by atoms with Crippen LogP contribution in [0.2, 0.25) is 0 Å². The smallest absolute Gasteiger partial charge is 0.111 e. The molecule has 7 rings (SSSR count). The molecule has 0 radical (unpaired) electrons. The average molecular weight is 369 g/mol. The van der Waals surface area contributed by atoms with E-state index in [0.29, 0.717) is 35.9 Å². The SMILES string of the molecule is CCCCN1c2ccccc2[C@@]23C[C@H]4[C@H]([C@H]5C[C@@H]([C@H]12)N4[C@H](O)[C@H]5CC)[C@H]3O. The molecule has 1 spiro atoms. The van der Waals surface area contributed by atoms with E-state index in [9.17, 15) is 10.2 Å². The summed E-state index contributed by atoms with van der Waals surface area (Å²) >= 11 is 0. The van der Waals surface area contributed by atoms with Crippen LogP contribution in [0.4, 0.5) is 5.69 Å². The van der Waals surface area contributed by atoms with E-state index in [0.717, 1.165) is 25.8 Å². The fourth-order valence-corrected chi connectivity index (χ4v) is 8.29. The average Bonchev–Trinajstić information content (AvgIpc) is 3.09. The molecule has 5 fully saturated rings. The minimum atomic E-state index is -0.319. The van der Waals surface area contributed by atoms with Gasteiger partial charge in [0, 0.05) is 41.6 Å². The molecule has 5 aliphatic heterocycles. The Morgan fingerprint density at radius 3 is 2.74 bits per heavy atom. The van der Waals surface area contributed by atoms with Gasteiger partial charge in [-0.15, -0.1) is 0 Å². The number of aliphatic hydroxyl groups excluding tert-OH is 2. The van der Waals surface area contributed by atoms with Crippen molar-refractivity contribution in [1.82, 2.24) is 4.90 Å². The van der Waals surface area contributed by atoms with Crippen LogP contribution in [0.15, 0.2) is 24.3 Å². The van der Waals surface area contributed by atoms with Crippen molar-refractivity contribution in [1.29, 1.82) is 0 Å². The number of benzene rings is 1. The van der Waals surface area contributed by atoms with E-state index in [-0.39, 0.29) is 17.7 Å². The molecule has 0 amide bonds. The van der Waals surface area contributed by atoms with Crippen LogP contribution < -0.4 is 4.90 Å². The molecule has 4 nitrogen and oxygen atoms in total. The monoisotopic (exact) mass is 368 g/mol. The summed E-state index contributed by atoms with van der Waals surface area (Å²) < 4.78 is 0. The molecule has 5 bridgehead atoms. The molecule has 6 aliphatic rings. The predicted octanol–water partition coefficient (Wildman–Crippen LogP) is 2.72. The first-order valence-electron chi connectivity index (χ1n) is 11.1. The largest absolute Gasteiger partial charge is 0.392 e. The van der Waals surface area contributed by atoms with Crippen LogP contribution in [0.3, 0.4) is 0 Å². The molecule has 5 heterocycles. The molecule has 1 aromatic rings. The van der Waals surface area contributed by atoms with Crippen molar-refractivity contribution in [3.8, 4) is 0 Å². The Bertz CT molecular complexity index is 769. The predicted molar refractivity (Wildman–Crippen MR) is 106 cm³/mol. The second kappa shape index (κ2) is 5.49. The first-order valence-corrected chi connectivity index (χ1v) is 11.1. The van der Waals surface area contributed by atoms with Crippen molar-refractivity contribution >= 4 is 5.69 Å². The third-order valence-electron chi connectivity index (χ3n) is 9.06. The minimum absolute atomic E-state index is 0.127. The molecule has 1 aromatic carbocycles. The van der Waals surface area contributed by atoms with Gasteiger partial charge in [-0.25, -0.2) is 0 Å². The maximum absolute atomic E-state index is 11.8. The van der Waals surface area contributed by atoms with Crippen LogP contribution in [-0.2, 0) is 5.41 Å². The summed E-state index contributed by atoms with van der Waals surface area (Å²) in [6.07, 6.45) is 4.95. The van der Waals surface area contributed by atoms with Gasteiger partial charge >= 0.3 is 0 Å². The molecule has 2 N–H and O–H groups in total. The van der Waals surface area contributed by atoms with Gasteiger partial charge in [0.25, 0.3) is 0 Å². The van der Waals surface area contributed by atoms with Crippen LogP contribution in [-0.4, -0.2) is 52.1 Å². The van der Waals surface area contributed by atoms with Crippen molar-refractivity contribution in [2.75, 3.05) is 11.4 Å². The molecule has 1 unspecified atom stereocenters. The normalized spacial score (nSPS) is 51.0. The van der Waals surface area contributed by atoms with Crippen LogP contribution in [0.1, 0.15) is 51.5 Å². The minimum Gasteiger partial charge on any atom is -0.392 e. The highest BCUT2D eigenvalue weighted by atomic mass is 16.3. The van der Waals surface area contributed by atoms with E-state index < -0.39 is 0 Å². The lowest BCUT2D eigenvalue weighted by molar-refractivity contribution is -0.211. The Hall–Kier alpha value is -1.10. The second-order valence-electron chi connectivity index (χ2n) is 9.74. The number of hydrogen-bond donors (Lipinski definition) is 2. The standard InChI is InChI=1S/C23H32N2O2/c1-3-5-10-24-16-9-7-6-8-15(16)23-12-18-19(21(23)26)14-11-17(20(23)24)25(18)22(27)13(14)4-2/h6-9,13-14,17-22,26-27H,3-5,10-12H2,1-2H3/t13-,14-,17-,18-,19-,20-,21+,22+,23-/m0/s1. The van der Waals surface area contributed by atoms with Crippen molar-refractivity contribution in [2.45, 2.75) is 81.8 Å². The Labute approximate surface area is 162 Å². The Morgan fingerprint density at radius 2 is 1.96 bits per heavy atom. The number of hydrogen-bond acceptors (Lipinski definition) is 4.